The zero-order valence-corrected chi connectivity index (χ0v) is 16.6. The summed E-state index contributed by atoms with van der Waals surface area (Å²) in [5.74, 6) is -3.04. The van der Waals surface area contributed by atoms with Crippen molar-refractivity contribution in [2.24, 2.45) is 0 Å². The molecule has 0 aliphatic carbocycles. The lowest BCUT2D eigenvalue weighted by Gasteiger charge is -2.15. The molecule has 1 atom stereocenters. The van der Waals surface area contributed by atoms with Gasteiger partial charge in [-0.3, -0.25) is 14.4 Å². The quantitative estimate of drug-likeness (QED) is 0.471. The molecule has 0 radical (unpaired) electrons. The number of aromatic nitrogens is 2. The predicted octanol–water partition coefficient (Wildman–Crippen LogP) is 3.83. The topological polar surface area (TPSA) is 90.3 Å². The Bertz CT molecular complexity index is 1140. The Morgan fingerprint density at radius 1 is 1.10 bits per heavy atom. The number of rotatable bonds is 6. The summed E-state index contributed by atoms with van der Waals surface area (Å²) >= 11 is 0. The molecule has 2 aromatic carbocycles. The number of amides is 1. The maximum Gasteiger partial charge on any atom is 0.449 e. The second-order valence-electron chi connectivity index (χ2n) is 6.76. The number of para-hydroxylation sites is 2. The van der Waals surface area contributed by atoms with Crippen LogP contribution in [0.1, 0.15) is 30.0 Å². The molecule has 162 valence electrons. The Hall–Kier alpha value is -3.69. The molecule has 1 heterocycles. The molecule has 31 heavy (non-hydrogen) atoms. The molecule has 0 saturated carbocycles. The van der Waals surface area contributed by atoms with Crippen molar-refractivity contribution in [2.45, 2.75) is 32.7 Å². The van der Waals surface area contributed by atoms with Gasteiger partial charge in [0.25, 0.3) is 0 Å². The number of Topliss-reactive ketones (excluding diaryl/α,β-unsaturated/α-hetero) is 1. The van der Waals surface area contributed by atoms with Crippen molar-refractivity contribution in [1.29, 1.82) is 0 Å². The number of esters is 1. The van der Waals surface area contributed by atoms with Crippen LogP contribution in [0.15, 0.2) is 48.5 Å². The lowest BCUT2D eigenvalue weighted by atomic mass is 10.1. The summed E-state index contributed by atoms with van der Waals surface area (Å²) in [6.45, 7) is 1.92. The number of imidazole rings is 1. The van der Waals surface area contributed by atoms with E-state index in [0.717, 1.165) is 4.57 Å². The van der Waals surface area contributed by atoms with Crippen molar-refractivity contribution in [2.75, 3.05) is 5.32 Å². The van der Waals surface area contributed by atoms with Gasteiger partial charge < -0.3 is 14.6 Å². The molecule has 0 bridgehead atoms. The van der Waals surface area contributed by atoms with Crippen LogP contribution in [0.5, 0.6) is 0 Å². The van der Waals surface area contributed by atoms with Gasteiger partial charge >= 0.3 is 12.1 Å². The minimum atomic E-state index is -4.77. The Morgan fingerprint density at radius 2 is 1.74 bits per heavy atom. The highest BCUT2D eigenvalue weighted by molar-refractivity contribution is 6.00. The number of carbonyl (C=O) groups excluding carboxylic acids is 3. The van der Waals surface area contributed by atoms with Gasteiger partial charge in [0.2, 0.25) is 17.5 Å². The average Bonchev–Trinajstić information content (AvgIpc) is 3.06. The number of ketones is 1. The molecule has 0 saturated heterocycles. The largest absolute Gasteiger partial charge is 0.453 e. The number of anilines is 1. The minimum absolute atomic E-state index is 0.0889. The first-order valence-electron chi connectivity index (χ1n) is 9.20. The molecule has 3 rings (SSSR count). The summed E-state index contributed by atoms with van der Waals surface area (Å²) in [6.07, 6.45) is -5.99. The monoisotopic (exact) mass is 433 g/mol. The summed E-state index contributed by atoms with van der Waals surface area (Å²) in [6, 6.07) is 11.8. The molecule has 0 aliphatic heterocycles. The van der Waals surface area contributed by atoms with E-state index in [9.17, 15) is 27.6 Å². The van der Waals surface area contributed by atoms with Crippen molar-refractivity contribution in [3.63, 3.8) is 0 Å². The van der Waals surface area contributed by atoms with E-state index in [0.29, 0.717) is 5.69 Å². The number of ether oxygens (including phenoxy) is 1. The first-order valence-corrected chi connectivity index (χ1v) is 9.20. The van der Waals surface area contributed by atoms with Gasteiger partial charge in [-0.25, -0.2) is 4.98 Å². The lowest BCUT2D eigenvalue weighted by molar-refractivity contribution is -0.152. The number of alkyl halides is 3. The van der Waals surface area contributed by atoms with Crippen LogP contribution < -0.4 is 5.32 Å². The van der Waals surface area contributed by atoms with Gasteiger partial charge in [0.15, 0.2) is 6.10 Å². The van der Waals surface area contributed by atoms with E-state index in [4.69, 9.17) is 4.74 Å². The summed E-state index contributed by atoms with van der Waals surface area (Å²) < 4.78 is 45.8. The molecule has 1 unspecified atom stereocenters. The molecule has 10 heteroatoms. The first-order chi connectivity index (χ1) is 14.6. The molecule has 0 fully saturated rings. The molecular weight excluding hydrogens is 415 g/mol. The molecule has 7 nitrogen and oxygen atoms in total. The Balaban J connectivity index is 1.73. The third-order valence-electron chi connectivity index (χ3n) is 4.36. The Kier molecular flexibility index (Phi) is 6.09. The highest BCUT2D eigenvalue weighted by atomic mass is 19.4. The van der Waals surface area contributed by atoms with Gasteiger partial charge in [-0.2, -0.15) is 13.2 Å². The van der Waals surface area contributed by atoms with Crippen LogP contribution in [0.2, 0.25) is 0 Å². The first kappa shape index (κ1) is 22.0. The SMILES string of the molecule is CC(=O)Nc1ccc(C(=O)C(C)OC(=O)Cn2c(C(F)(F)F)nc3ccccc32)cc1. The third kappa shape index (κ3) is 5.08. The highest BCUT2D eigenvalue weighted by Crippen LogP contribution is 2.31. The number of hydrogen-bond acceptors (Lipinski definition) is 5. The lowest BCUT2D eigenvalue weighted by Crippen LogP contribution is -2.27. The van der Waals surface area contributed by atoms with Gasteiger partial charge in [-0.1, -0.05) is 12.1 Å². The van der Waals surface area contributed by atoms with Crippen molar-refractivity contribution in [3.05, 3.63) is 59.9 Å². The second-order valence-corrected chi connectivity index (χ2v) is 6.76. The van der Waals surface area contributed by atoms with Gasteiger partial charge in [-0.15, -0.1) is 0 Å². The number of nitrogens with one attached hydrogen (secondary N) is 1. The van der Waals surface area contributed by atoms with E-state index >= 15 is 0 Å². The van der Waals surface area contributed by atoms with E-state index in [2.05, 4.69) is 10.3 Å². The van der Waals surface area contributed by atoms with Crippen LogP contribution in [0, 0.1) is 0 Å². The molecule has 1 aromatic heterocycles. The van der Waals surface area contributed by atoms with E-state index in [-0.39, 0.29) is 22.5 Å². The molecule has 1 N–H and O–H groups in total. The van der Waals surface area contributed by atoms with Crippen molar-refractivity contribution >= 4 is 34.4 Å². The van der Waals surface area contributed by atoms with Gasteiger partial charge in [-0.05, 0) is 43.3 Å². The number of nitrogens with zero attached hydrogens (tertiary/aromatic N) is 2. The zero-order valence-electron chi connectivity index (χ0n) is 16.6. The standard InChI is InChI=1S/C21H18F3N3O4/c1-12(19(30)14-7-9-15(10-8-14)25-13(2)28)31-18(29)11-27-17-6-4-3-5-16(17)26-20(27)21(22,23)24/h3-10,12H,11H2,1-2H3,(H,25,28). The number of benzene rings is 2. The smallest absolute Gasteiger partial charge is 0.449 e. The van der Waals surface area contributed by atoms with Crippen LogP contribution in [0.4, 0.5) is 18.9 Å². The van der Waals surface area contributed by atoms with Crippen LogP contribution in [0.25, 0.3) is 11.0 Å². The minimum Gasteiger partial charge on any atom is -0.453 e. The molecule has 1 amide bonds. The fourth-order valence-electron chi connectivity index (χ4n) is 3.02. The predicted molar refractivity (Wildman–Crippen MR) is 105 cm³/mol. The van der Waals surface area contributed by atoms with Crippen LogP contribution in [-0.4, -0.2) is 33.3 Å². The van der Waals surface area contributed by atoms with Gasteiger partial charge in [0.05, 0.1) is 11.0 Å². The maximum absolute atomic E-state index is 13.3. The van der Waals surface area contributed by atoms with Gasteiger partial charge in [0.1, 0.15) is 6.54 Å². The van der Waals surface area contributed by atoms with Crippen LogP contribution in [0.3, 0.4) is 0 Å². The summed E-state index contributed by atoms with van der Waals surface area (Å²) in [5.41, 5.74) is 0.921. The normalized spacial score (nSPS) is 12.4. The fourth-order valence-corrected chi connectivity index (χ4v) is 3.02. The Morgan fingerprint density at radius 3 is 2.35 bits per heavy atom. The number of hydrogen-bond donors (Lipinski definition) is 1. The maximum atomic E-state index is 13.3. The summed E-state index contributed by atoms with van der Waals surface area (Å²) in [5, 5.41) is 2.55. The number of halogens is 3. The van der Waals surface area contributed by atoms with Crippen LogP contribution >= 0.6 is 0 Å². The van der Waals surface area contributed by atoms with Crippen LogP contribution in [-0.2, 0) is 27.0 Å². The Labute approximate surface area is 174 Å². The summed E-state index contributed by atoms with van der Waals surface area (Å²) in [4.78, 5) is 39.4. The zero-order chi connectivity index (χ0) is 22.8. The summed E-state index contributed by atoms with van der Waals surface area (Å²) in [7, 11) is 0. The molecular formula is C21H18F3N3O4. The molecule has 0 spiro atoms. The van der Waals surface area contributed by atoms with Crippen molar-refractivity contribution in [1.82, 2.24) is 9.55 Å². The fraction of sp³-hybridized carbons (Fsp3) is 0.238. The van der Waals surface area contributed by atoms with E-state index < -0.39 is 36.4 Å². The third-order valence-corrected chi connectivity index (χ3v) is 4.36. The number of fused-ring (bicyclic) bond motifs is 1. The van der Waals surface area contributed by atoms with E-state index in [1.54, 1.807) is 0 Å². The van der Waals surface area contributed by atoms with E-state index in [1.165, 1.54) is 62.4 Å². The van der Waals surface area contributed by atoms with E-state index in [1.807, 2.05) is 0 Å². The average molecular weight is 433 g/mol. The van der Waals surface area contributed by atoms with Crippen molar-refractivity contribution < 1.29 is 32.3 Å². The van der Waals surface area contributed by atoms with Crippen molar-refractivity contribution in [3.8, 4) is 0 Å². The van der Waals surface area contributed by atoms with Gasteiger partial charge in [0, 0.05) is 18.2 Å². The number of carbonyl (C=O) groups is 3. The molecule has 3 aromatic rings. The molecule has 0 aliphatic rings. The second kappa shape index (κ2) is 8.58. The highest BCUT2D eigenvalue weighted by Gasteiger charge is 2.38.